The first-order chi connectivity index (χ1) is 13.0. The third kappa shape index (κ3) is 5.18. The minimum Gasteiger partial charge on any atom is -0.337 e. The summed E-state index contributed by atoms with van der Waals surface area (Å²) in [5.74, 6) is 0.736. The lowest BCUT2D eigenvalue weighted by Crippen LogP contribution is -2.32. The Hall–Kier alpha value is -2.63. The van der Waals surface area contributed by atoms with E-state index in [9.17, 15) is 4.79 Å². The highest BCUT2D eigenvalue weighted by molar-refractivity contribution is 6.30. The molecule has 138 valence electrons. The van der Waals surface area contributed by atoms with Crippen molar-refractivity contribution in [3.63, 3.8) is 0 Å². The van der Waals surface area contributed by atoms with Gasteiger partial charge in [-0.05, 0) is 42.0 Å². The maximum absolute atomic E-state index is 12.6. The van der Waals surface area contributed by atoms with Gasteiger partial charge in [-0.3, -0.25) is 4.79 Å². The summed E-state index contributed by atoms with van der Waals surface area (Å²) in [5, 5.41) is 5.24. The van der Waals surface area contributed by atoms with E-state index >= 15 is 0 Å². The first-order valence-corrected chi connectivity index (χ1v) is 9.02. The molecule has 1 heterocycles. The summed E-state index contributed by atoms with van der Waals surface area (Å²) in [6.07, 6.45) is 1.92. The Morgan fingerprint density at radius 2 is 1.70 bits per heavy atom. The average molecular weight is 402 g/mol. The molecule has 0 saturated heterocycles. The lowest BCUT2D eigenvalue weighted by Gasteiger charge is -2.19. The van der Waals surface area contributed by atoms with Crippen molar-refractivity contribution in [1.29, 1.82) is 0 Å². The molecule has 3 rings (SSSR count). The number of rotatable bonds is 7. The molecule has 0 N–H and O–H groups in total. The van der Waals surface area contributed by atoms with Gasteiger partial charge in [-0.15, -0.1) is 6.58 Å². The van der Waals surface area contributed by atoms with E-state index in [1.54, 1.807) is 35.2 Å². The topological polar surface area (TPSA) is 59.2 Å². The molecule has 1 aromatic heterocycles. The molecule has 0 fully saturated rings. The first kappa shape index (κ1) is 19.1. The van der Waals surface area contributed by atoms with Crippen LogP contribution in [-0.2, 0) is 17.8 Å². The average Bonchev–Trinajstić information content (AvgIpc) is 3.12. The van der Waals surface area contributed by atoms with Crippen LogP contribution in [0.5, 0.6) is 0 Å². The number of benzene rings is 2. The molecule has 0 saturated carbocycles. The maximum Gasteiger partial charge on any atom is 0.246 e. The highest BCUT2D eigenvalue weighted by Gasteiger charge is 2.17. The summed E-state index contributed by atoms with van der Waals surface area (Å²) in [6.45, 7) is 4.30. The van der Waals surface area contributed by atoms with E-state index < -0.39 is 0 Å². The summed E-state index contributed by atoms with van der Waals surface area (Å²) < 4.78 is 5.30. The largest absolute Gasteiger partial charge is 0.337 e. The number of hydrogen-bond donors (Lipinski definition) is 0. The van der Waals surface area contributed by atoms with Gasteiger partial charge in [0, 0.05) is 22.2 Å². The second-order valence-electron chi connectivity index (χ2n) is 5.88. The third-order valence-corrected chi connectivity index (χ3v) is 4.37. The van der Waals surface area contributed by atoms with Gasteiger partial charge in [0.25, 0.3) is 0 Å². The number of carbonyl (C=O) groups excluding carboxylic acids is 1. The molecule has 0 aliphatic heterocycles. The third-order valence-electron chi connectivity index (χ3n) is 3.87. The van der Waals surface area contributed by atoms with Gasteiger partial charge >= 0.3 is 0 Å². The Morgan fingerprint density at radius 3 is 2.33 bits per heavy atom. The quantitative estimate of drug-likeness (QED) is 0.533. The molecule has 5 nitrogen and oxygen atoms in total. The van der Waals surface area contributed by atoms with Crippen LogP contribution in [0.25, 0.3) is 11.4 Å². The van der Waals surface area contributed by atoms with Gasteiger partial charge in [-0.1, -0.05) is 46.6 Å². The molecule has 0 bridgehead atoms. The molecule has 27 heavy (non-hydrogen) atoms. The Labute approximate surface area is 167 Å². The molecule has 7 heteroatoms. The van der Waals surface area contributed by atoms with Crippen LogP contribution < -0.4 is 0 Å². The summed E-state index contributed by atoms with van der Waals surface area (Å²) in [5.41, 5.74) is 1.67. The second kappa shape index (κ2) is 8.84. The summed E-state index contributed by atoms with van der Waals surface area (Å²) in [7, 11) is 0. The summed E-state index contributed by atoms with van der Waals surface area (Å²) >= 11 is 11.8. The van der Waals surface area contributed by atoms with Gasteiger partial charge in [-0.2, -0.15) is 4.98 Å². The first-order valence-electron chi connectivity index (χ1n) is 8.27. The van der Waals surface area contributed by atoms with Crippen LogP contribution in [0.4, 0.5) is 0 Å². The predicted octanol–water partition coefficient (Wildman–Crippen LogP) is 4.80. The van der Waals surface area contributed by atoms with Crippen LogP contribution in [0.3, 0.4) is 0 Å². The Bertz CT molecular complexity index is 921. The van der Waals surface area contributed by atoms with Gasteiger partial charge < -0.3 is 9.42 Å². The van der Waals surface area contributed by atoms with Crippen LogP contribution in [0.15, 0.2) is 65.7 Å². The molecule has 0 spiro atoms. The number of carbonyl (C=O) groups is 1. The van der Waals surface area contributed by atoms with E-state index in [2.05, 4.69) is 16.7 Å². The molecule has 0 unspecified atom stereocenters. The van der Waals surface area contributed by atoms with Gasteiger partial charge in [0.15, 0.2) is 0 Å². The van der Waals surface area contributed by atoms with E-state index in [4.69, 9.17) is 27.7 Å². The number of nitrogens with zero attached hydrogens (tertiary/aromatic N) is 3. The number of amides is 1. The molecular formula is C20H17Cl2N3O2. The number of halogens is 2. The van der Waals surface area contributed by atoms with Crippen molar-refractivity contribution in [3.8, 4) is 11.4 Å². The van der Waals surface area contributed by atoms with Crippen LogP contribution in [0, 0.1) is 0 Å². The standard InChI is InChI=1S/C20H17Cl2N3O2/c1-2-11-25(19(26)12-14-3-7-16(21)8-4-14)13-18-23-20(24-27-18)15-5-9-17(22)10-6-15/h2-10H,1,11-13H2. The molecular weight excluding hydrogens is 385 g/mol. The predicted molar refractivity (Wildman–Crippen MR) is 106 cm³/mol. The van der Waals surface area contributed by atoms with Crippen LogP contribution >= 0.6 is 23.2 Å². The van der Waals surface area contributed by atoms with Crippen molar-refractivity contribution >= 4 is 29.1 Å². The smallest absolute Gasteiger partial charge is 0.246 e. The fourth-order valence-electron chi connectivity index (χ4n) is 2.50. The zero-order chi connectivity index (χ0) is 19.2. The molecule has 1 amide bonds. The van der Waals surface area contributed by atoms with E-state index in [1.807, 2.05) is 24.3 Å². The summed E-state index contributed by atoms with van der Waals surface area (Å²) in [4.78, 5) is 18.6. The monoisotopic (exact) mass is 401 g/mol. The Morgan fingerprint density at radius 1 is 1.07 bits per heavy atom. The van der Waals surface area contributed by atoms with Crippen LogP contribution in [0.1, 0.15) is 11.5 Å². The fraction of sp³-hybridized carbons (Fsp3) is 0.150. The fourth-order valence-corrected chi connectivity index (χ4v) is 2.75. The SMILES string of the molecule is C=CCN(Cc1nc(-c2ccc(Cl)cc2)no1)C(=O)Cc1ccc(Cl)cc1. The number of hydrogen-bond acceptors (Lipinski definition) is 4. The maximum atomic E-state index is 12.6. The molecule has 0 aliphatic carbocycles. The van der Waals surface area contributed by atoms with Gasteiger partial charge in [0.2, 0.25) is 17.6 Å². The number of aromatic nitrogens is 2. The second-order valence-corrected chi connectivity index (χ2v) is 6.76. The lowest BCUT2D eigenvalue weighted by atomic mass is 10.1. The summed E-state index contributed by atoms with van der Waals surface area (Å²) in [6, 6.07) is 14.3. The van der Waals surface area contributed by atoms with Crippen molar-refractivity contribution in [2.75, 3.05) is 6.54 Å². The zero-order valence-corrected chi connectivity index (χ0v) is 16.0. The lowest BCUT2D eigenvalue weighted by molar-refractivity contribution is -0.130. The highest BCUT2D eigenvalue weighted by Crippen LogP contribution is 2.19. The van der Waals surface area contributed by atoms with Crippen LogP contribution in [-0.4, -0.2) is 27.5 Å². The molecule has 2 aromatic carbocycles. The van der Waals surface area contributed by atoms with Gasteiger partial charge in [0.05, 0.1) is 6.42 Å². The van der Waals surface area contributed by atoms with Crippen LogP contribution in [0.2, 0.25) is 10.0 Å². The highest BCUT2D eigenvalue weighted by atomic mass is 35.5. The van der Waals surface area contributed by atoms with Crippen molar-refractivity contribution in [2.24, 2.45) is 0 Å². The Balaban J connectivity index is 1.70. The minimum atomic E-state index is -0.0662. The Kier molecular flexibility index (Phi) is 6.27. The molecule has 0 radical (unpaired) electrons. The van der Waals surface area contributed by atoms with Gasteiger partial charge in [-0.25, -0.2) is 0 Å². The van der Waals surface area contributed by atoms with E-state index in [1.165, 1.54) is 0 Å². The van der Waals surface area contributed by atoms with E-state index in [0.717, 1.165) is 11.1 Å². The van der Waals surface area contributed by atoms with Gasteiger partial charge in [0.1, 0.15) is 6.54 Å². The van der Waals surface area contributed by atoms with E-state index in [0.29, 0.717) is 28.3 Å². The van der Waals surface area contributed by atoms with E-state index in [-0.39, 0.29) is 18.9 Å². The minimum absolute atomic E-state index is 0.0662. The van der Waals surface area contributed by atoms with Crippen molar-refractivity contribution in [3.05, 3.63) is 82.7 Å². The van der Waals surface area contributed by atoms with Crippen molar-refractivity contribution in [2.45, 2.75) is 13.0 Å². The zero-order valence-electron chi connectivity index (χ0n) is 14.4. The van der Waals surface area contributed by atoms with Crippen molar-refractivity contribution < 1.29 is 9.32 Å². The molecule has 0 atom stereocenters. The van der Waals surface area contributed by atoms with Crippen molar-refractivity contribution in [1.82, 2.24) is 15.0 Å². The normalized spacial score (nSPS) is 10.6. The molecule has 3 aromatic rings. The molecule has 0 aliphatic rings.